The quantitative estimate of drug-likeness (QED) is 0.702. The molecule has 7 nitrogen and oxygen atoms in total. The second-order valence-corrected chi connectivity index (χ2v) is 9.17. The summed E-state index contributed by atoms with van der Waals surface area (Å²) in [7, 11) is -2.06. The first kappa shape index (κ1) is 22.1. The predicted octanol–water partition coefficient (Wildman–Crippen LogP) is 2.86. The summed E-state index contributed by atoms with van der Waals surface area (Å²) in [6, 6.07) is 10.5. The number of aryl methyl sites for hydroxylation is 2. The lowest BCUT2D eigenvalue weighted by atomic mass is 10.1. The third kappa shape index (κ3) is 4.44. The third-order valence-electron chi connectivity index (χ3n) is 5.20. The van der Waals surface area contributed by atoms with Crippen LogP contribution in [-0.2, 0) is 10.0 Å². The van der Waals surface area contributed by atoms with Gasteiger partial charge in [0.25, 0.3) is 5.91 Å². The van der Waals surface area contributed by atoms with E-state index in [0.29, 0.717) is 41.7 Å². The van der Waals surface area contributed by atoms with Crippen LogP contribution < -0.4 is 9.47 Å². The molecule has 1 fully saturated rings. The van der Waals surface area contributed by atoms with Crippen molar-refractivity contribution in [3.05, 3.63) is 53.1 Å². The molecule has 0 atom stereocenters. The molecule has 0 bridgehead atoms. The van der Waals surface area contributed by atoms with Gasteiger partial charge in [-0.25, -0.2) is 8.42 Å². The Bertz CT molecular complexity index is 1030. The van der Waals surface area contributed by atoms with Gasteiger partial charge >= 0.3 is 0 Å². The number of hydrogen-bond donors (Lipinski definition) is 0. The van der Waals surface area contributed by atoms with E-state index in [1.54, 1.807) is 36.1 Å². The van der Waals surface area contributed by atoms with Crippen LogP contribution in [0.3, 0.4) is 0 Å². The molecule has 1 saturated heterocycles. The van der Waals surface area contributed by atoms with Gasteiger partial charge in [0, 0.05) is 31.7 Å². The summed E-state index contributed by atoms with van der Waals surface area (Å²) in [5, 5.41) is 0. The smallest absolute Gasteiger partial charge is 0.254 e. The summed E-state index contributed by atoms with van der Waals surface area (Å²) in [5.74, 6) is 0.931. The van der Waals surface area contributed by atoms with Gasteiger partial charge in [-0.2, -0.15) is 4.31 Å². The molecule has 0 radical (unpaired) electrons. The first-order chi connectivity index (χ1) is 14.3. The van der Waals surface area contributed by atoms with E-state index < -0.39 is 10.0 Å². The van der Waals surface area contributed by atoms with Crippen LogP contribution in [0.15, 0.2) is 41.3 Å². The van der Waals surface area contributed by atoms with Crippen molar-refractivity contribution in [1.82, 2.24) is 9.21 Å². The number of carbonyl (C=O) groups is 1. The first-order valence-electron chi connectivity index (χ1n) is 9.95. The summed E-state index contributed by atoms with van der Waals surface area (Å²) in [5.41, 5.74) is 2.11. The molecule has 30 heavy (non-hydrogen) atoms. The van der Waals surface area contributed by atoms with Crippen LogP contribution >= 0.6 is 0 Å². The topological polar surface area (TPSA) is 76.2 Å². The van der Waals surface area contributed by atoms with E-state index in [-0.39, 0.29) is 19.0 Å². The van der Waals surface area contributed by atoms with E-state index in [4.69, 9.17) is 9.47 Å². The van der Waals surface area contributed by atoms with Crippen LogP contribution in [0.2, 0.25) is 0 Å². The maximum absolute atomic E-state index is 13.1. The number of piperazine rings is 1. The molecule has 0 aromatic heterocycles. The van der Waals surface area contributed by atoms with Gasteiger partial charge in [0.1, 0.15) is 0 Å². The number of rotatable bonds is 6. The van der Waals surface area contributed by atoms with Crippen LogP contribution in [0.5, 0.6) is 11.5 Å². The van der Waals surface area contributed by atoms with Gasteiger partial charge in [0.2, 0.25) is 10.0 Å². The highest BCUT2D eigenvalue weighted by atomic mass is 32.2. The van der Waals surface area contributed by atoms with Crippen LogP contribution in [0.25, 0.3) is 0 Å². The fraction of sp³-hybridized carbons (Fsp3) is 0.409. The fourth-order valence-corrected chi connectivity index (χ4v) is 5.25. The average molecular weight is 433 g/mol. The number of ether oxygens (including phenoxy) is 2. The molecule has 3 rings (SSSR count). The van der Waals surface area contributed by atoms with Crippen molar-refractivity contribution >= 4 is 15.9 Å². The van der Waals surface area contributed by atoms with Crippen molar-refractivity contribution in [2.24, 2.45) is 0 Å². The third-order valence-corrected chi connectivity index (χ3v) is 7.24. The van der Waals surface area contributed by atoms with Crippen molar-refractivity contribution in [3.8, 4) is 11.5 Å². The second-order valence-electron chi connectivity index (χ2n) is 7.26. The molecule has 0 N–H and O–H groups in total. The molecule has 0 aliphatic carbocycles. The number of benzene rings is 2. The summed E-state index contributed by atoms with van der Waals surface area (Å²) < 4.78 is 38.4. The minimum atomic E-state index is -3.59. The van der Waals surface area contributed by atoms with Gasteiger partial charge in [0.15, 0.2) is 11.5 Å². The minimum Gasteiger partial charge on any atom is -0.493 e. The Morgan fingerprint density at radius 1 is 1.00 bits per heavy atom. The standard InChI is InChI=1S/C22H28N2O5S/c1-5-29-19-9-8-18(15-20(19)28-4)22(25)23-10-12-24(13-11-23)30(26,27)21-14-16(2)6-7-17(21)3/h6-9,14-15H,5,10-13H2,1-4H3. The largest absolute Gasteiger partial charge is 0.493 e. The Morgan fingerprint density at radius 2 is 1.70 bits per heavy atom. The van der Waals surface area contributed by atoms with Gasteiger partial charge in [-0.15, -0.1) is 0 Å². The number of methoxy groups -OCH3 is 1. The molecule has 0 unspecified atom stereocenters. The maximum Gasteiger partial charge on any atom is 0.254 e. The van der Waals surface area contributed by atoms with Crippen molar-refractivity contribution in [3.63, 3.8) is 0 Å². The highest BCUT2D eigenvalue weighted by Gasteiger charge is 2.31. The molecule has 1 aliphatic heterocycles. The second kappa shape index (κ2) is 9.06. The molecular weight excluding hydrogens is 404 g/mol. The number of carbonyl (C=O) groups excluding carboxylic acids is 1. The highest BCUT2D eigenvalue weighted by molar-refractivity contribution is 7.89. The van der Waals surface area contributed by atoms with E-state index in [9.17, 15) is 13.2 Å². The monoisotopic (exact) mass is 432 g/mol. The van der Waals surface area contributed by atoms with Crippen LogP contribution in [0.1, 0.15) is 28.4 Å². The minimum absolute atomic E-state index is 0.153. The van der Waals surface area contributed by atoms with E-state index in [0.717, 1.165) is 11.1 Å². The van der Waals surface area contributed by atoms with Crippen molar-refractivity contribution in [2.75, 3.05) is 39.9 Å². The molecule has 1 aliphatic rings. The van der Waals surface area contributed by atoms with Crippen molar-refractivity contribution < 1.29 is 22.7 Å². The van der Waals surface area contributed by atoms with Crippen molar-refractivity contribution in [2.45, 2.75) is 25.7 Å². The maximum atomic E-state index is 13.1. The van der Waals surface area contributed by atoms with E-state index in [1.807, 2.05) is 26.0 Å². The van der Waals surface area contributed by atoms with Gasteiger partial charge in [0.05, 0.1) is 18.6 Å². The Hall–Kier alpha value is -2.58. The SMILES string of the molecule is CCOc1ccc(C(=O)N2CCN(S(=O)(=O)c3cc(C)ccc3C)CC2)cc1OC. The normalized spacial score (nSPS) is 15.1. The molecule has 0 saturated carbocycles. The number of amides is 1. The Kier molecular flexibility index (Phi) is 6.67. The summed E-state index contributed by atoms with van der Waals surface area (Å²) in [4.78, 5) is 14.9. The lowest BCUT2D eigenvalue weighted by Gasteiger charge is -2.34. The molecule has 1 heterocycles. The van der Waals surface area contributed by atoms with Crippen LogP contribution in [0.4, 0.5) is 0 Å². The number of sulfonamides is 1. The van der Waals surface area contributed by atoms with Gasteiger partial charge < -0.3 is 14.4 Å². The molecule has 0 spiro atoms. The molecular formula is C22H28N2O5S. The molecule has 1 amide bonds. The Labute approximate surface area is 178 Å². The number of nitrogens with zero attached hydrogens (tertiary/aromatic N) is 2. The average Bonchev–Trinajstić information content (AvgIpc) is 2.75. The van der Waals surface area contributed by atoms with Crippen LogP contribution in [0, 0.1) is 13.8 Å². The predicted molar refractivity (Wildman–Crippen MR) is 115 cm³/mol. The van der Waals surface area contributed by atoms with Gasteiger partial charge in [-0.3, -0.25) is 4.79 Å². The summed E-state index contributed by atoms with van der Waals surface area (Å²) >= 11 is 0. The first-order valence-corrected chi connectivity index (χ1v) is 11.4. The van der Waals surface area contributed by atoms with Gasteiger partial charge in [-0.1, -0.05) is 12.1 Å². The van der Waals surface area contributed by atoms with E-state index in [1.165, 1.54) is 11.4 Å². The molecule has 8 heteroatoms. The zero-order valence-corrected chi connectivity index (χ0v) is 18.7. The number of hydrogen-bond acceptors (Lipinski definition) is 5. The molecule has 162 valence electrons. The lowest BCUT2D eigenvalue weighted by Crippen LogP contribution is -2.50. The molecule has 2 aromatic carbocycles. The zero-order chi connectivity index (χ0) is 21.9. The highest BCUT2D eigenvalue weighted by Crippen LogP contribution is 2.29. The van der Waals surface area contributed by atoms with Crippen molar-refractivity contribution in [1.29, 1.82) is 0 Å². The fourth-order valence-electron chi connectivity index (χ4n) is 3.51. The van der Waals surface area contributed by atoms with Gasteiger partial charge in [-0.05, 0) is 56.2 Å². The van der Waals surface area contributed by atoms with Crippen LogP contribution in [-0.4, -0.2) is 63.4 Å². The van der Waals surface area contributed by atoms with E-state index in [2.05, 4.69) is 0 Å². The van der Waals surface area contributed by atoms with E-state index >= 15 is 0 Å². The Morgan fingerprint density at radius 3 is 2.33 bits per heavy atom. The molecule has 2 aromatic rings. The summed E-state index contributed by atoms with van der Waals surface area (Å²) in [6.07, 6.45) is 0. The lowest BCUT2D eigenvalue weighted by molar-refractivity contribution is 0.0697. The summed E-state index contributed by atoms with van der Waals surface area (Å²) in [6.45, 7) is 7.23. The zero-order valence-electron chi connectivity index (χ0n) is 17.8. The Balaban J connectivity index is 1.72.